The second kappa shape index (κ2) is 4.29. The molecule has 5 heteroatoms. The zero-order valence-corrected chi connectivity index (χ0v) is 9.30. The molecule has 5 nitrogen and oxygen atoms in total. The first-order valence-electron chi connectivity index (χ1n) is 5.26. The van der Waals surface area contributed by atoms with Crippen molar-refractivity contribution in [2.24, 2.45) is 0 Å². The summed E-state index contributed by atoms with van der Waals surface area (Å²) in [6, 6.07) is 6.91. The van der Waals surface area contributed by atoms with Crippen LogP contribution in [0.1, 0.15) is 17.3 Å². The van der Waals surface area contributed by atoms with E-state index in [1.54, 1.807) is 28.9 Å². The van der Waals surface area contributed by atoms with Gasteiger partial charge in [0.1, 0.15) is 5.56 Å². The molecule has 2 aromatic rings. The van der Waals surface area contributed by atoms with Gasteiger partial charge in [-0.15, -0.1) is 0 Å². The van der Waals surface area contributed by atoms with Crippen LogP contribution in [0.2, 0.25) is 0 Å². The Hall–Kier alpha value is -2.30. The Morgan fingerprint density at radius 2 is 2.12 bits per heavy atom. The van der Waals surface area contributed by atoms with Crippen LogP contribution in [0.5, 0.6) is 0 Å². The number of pyridine rings is 1. The van der Waals surface area contributed by atoms with Crippen molar-refractivity contribution in [3.8, 4) is 0 Å². The number of hydrogen-bond donors (Lipinski definition) is 2. The molecular formula is C12H12N2O3. The summed E-state index contributed by atoms with van der Waals surface area (Å²) in [6.07, 6.45) is 1.32. The highest BCUT2D eigenvalue weighted by atomic mass is 16.4. The maximum Gasteiger partial charge on any atom is 0.341 e. The van der Waals surface area contributed by atoms with Crippen molar-refractivity contribution in [3.63, 3.8) is 0 Å². The van der Waals surface area contributed by atoms with Crippen LogP contribution in [0.25, 0.3) is 10.9 Å². The lowest BCUT2D eigenvalue weighted by molar-refractivity contribution is 0.0695. The van der Waals surface area contributed by atoms with Crippen molar-refractivity contribution in [3.05, 3.63) is 46.2 Å². The molecule has 0 aliphatic carbocycles. The van der Waals surface area contributed by atoms with Crippen molar-refractivity contribution in [1.82, 2.24) is 4.68 Å². The van der Waals surface area contributed by atoms with Gasteiger partial charge in [-0.3, -0.25) is 9.47 Å². The molecule has 1 heterocycles. The molecule has 0 bridgehead atoms. The second-order valence-corrected chi connectivity index (χ2v) is 3.58. The van der Waals surface area contributed by atoms with Crippen LogP contribution in [-0.4, -0.2) is 22.3 Å². The molecule has 0 saturated heterocycles. The number of rotatable bonds is 3. The Morgan fingerprint density at radius 3 is 2.76 bits per heavy atom. The Balaban J connectivity index is 2.84. The lowest BCUT2D eigenvalue weighted by Crippen LogP contribution is -2.23. The van der Waals surface area contributed by atoms with Crippen LogP contribution in [0.15, 0.2) is 35.3 Å². The maximum absolute atomic E-state index is 11.9. The van der Waals surface area contributed by atoms with Gasteiger partial charge in [0.2, 0.25) is 5.43 Å². The average molecular weight is 232 g/mol. The fourth-order valence-electron chi connectivity index (χ4n) is 1.73. The van der Waals surface area contributed by atoms with E-state index in [2.05, 4.69) is 5.43 Å². The number of aromatic carboxylic acids is 1. The molecular weight excluding hydrogens is 220 g/mol. The molecule has 0 saturated carbocycles. The van der Waals surface area contributed by atoms with Crippen LogP contribution in [-0.2, 0) is 0 Å². The summed E-state index contributed by atoms with van der Waals surface area (Å²) in [5, 5.41) is 9.37. The average Bonchev–Trinajstić information content (AvgIpc) is 2.33. The van der Waals surface area contributed by atoms with E-state index in [1.807, 2.05) is 6.92 Å². The lowest BCUT2D eigenvalue weighted by Gasteiger charge is -2.12. The minimum absolute atomic E-state index is 0.232. The predicted molar refractivity (Wildman–Crippen MR) is 65.1 cm³/mol. The molecule has 0 amide bonds. The molecule has 0 fully saturated rings. The highest BCUT2D eigenvalue weighted by Gasteiger charge is 2.13. The summed E-state index contributed by atoms with van der Waals surface area (Å²) in [5.74, 6) is -1.22. The van der Waals surface area contributed by atoms with Crippen molar-refractivity contribution in [1.29, 1.82) is 0 Å². The van der Waals surface area contributed by atoms with Gasteiger partial charge in [0.25, 0.3) is 0 Å². The molecule has 0 radical (unpaired) electrons. The summed E-state index contributed by atoms with van der Waals surface area (Å²) in [7, 11) is 0. The SMILES string of the molecule is CCNn1cc(C(=O)O)c(=O)c2ccccc21. The number of nitrogens with zero attached hydrogens (tertiary/aromatic N) is 1. The van der Waals surface area contributed by atoms with Crippen molar-refractivity contribution >= 4 is 16.9 Å². The minimum Gasteiger partial charge on any atom is -0.477 e. The quantitative estimate of drug-likeness (QED) is 0.835. The van der Waals surface area contributed by atoms with E-state index in [9.17, 15) is 9.59 Å². The number of benzene rings is 1. The number of carboxylic acid groups (broad SMARTS) is 1. The van der Waals surface area contributed by atoms with Gasteiger partial charge < -0.3 is 10.5 Å². The number of aromatic nitrogens is 1. The summed E-state index contributed by atoms with van der Waals surface area (Å²) in [6.45, 7) is 2.53. The lowest BCUT2D eigenvalue weighted by atomic mass is 10.1. The smallest absolute Gasteiger partial charge is 0.341 e. The molecule has 0 atom stereocenters. The fourth-order valence-corrected chi connectivity index (χ4v) is 1.73. The molecule has 0 aliphatic rings. The topological polar surface area (TPSA) is 71.3 Å². The first-order valence-corrected chi connectivity index (χ1v) is 5.26. The van der Waals surface area contributed by atoms with Gasteiger partial charge in [0, 0.05) is 18.1 Å². The van der Waals surface area contributed by atoms with E-state index in [1.165, 1.54) is 6.20 Å². The Labute approximate surface area is 97.3 Å². The normalized spacial score (nSPS) is 10.4. The molecule has 0 spiro atoms. The summed E-state index contributed by atoms with van der Waals surface area (Å²) < 4.78 is 1.57. The first kappa shape index (κ1) is 11.2. The highest BCUT2D eigenvalue weighted by molar-refractivity contribution is 5.92. The predicted octanol–water partition coefficient (Wildman–Crippen LogP) is 1.26. The number of para-hydroxylation sites is 1. The number of nitrogens with one attached hydrogen (secondary N) is 1. The van der Waals surface area contributed by atoms with Crippen molar-refractivity contribution in [2.45, 2.75) is 6.92 Å². The van der Waals surface area contributed by atoms with E-state index < -0.39 is 11.4 Å². The van der Waals surface area contributed by atoms with E-state index in [4.69, 9.17) is 5.11 Å². The van der Waals surface area contributed by atoms with Crippen LogP contribution in [0.4, 0.5) is 0 Å². The zero-order valence-electron chi connectivity index (χ0n) is 9.30. The Bertz CT molecular complexity index is 631. The van der Waals surface area contributed by atoms with Gasteiger partial charge in [-0.05, 0) is 19.1 Å². The highest BCUT2D eigenvalue weighted by Crippen LogP contribution is 2.10. The minimum atomic E-state index is -1.22. The molecule has 88 valence electrons. The van der Waals surface area contributed by atoms with Gasteiger partial charge in [-0.1, -0.05) is 12.1 Å². The van der Waals surface area contributed by atoms with E-state index in [0.29, 0.717) is 17.4 Å². The van der Waals surface area contributed by atoms with Gasteiger partial charge in [0.15, 0.2) is 0 Å². The number of fused-ring (bicyclic) bond motifs is 1. The van der Waals surface area contributed by atoms with Gasteiger partial charge >= 0.3 is 5.97 Å². The maximum atomic E-state index is 11.9. The Kier molecular flexibility index (Phi) is 2.82. The standard InChI is InChI=1S/C12H12N2O3/c1-2-13-14-7-9(12(16)17)11(15)8-5-3-4-6-10(8)14/h3-7,13H,2H2,1H3,(H,16,17). The molecule has 17 heavy (non-hydrogen) atoms. The molecule has 2 rings (SSSR count). The van der Waals surface area contributed by atoms with Crippen molar-refractivity contribution in [2.75, 3.05) is 12.0 Å². The summed E-state index contributed by atoms with van der Waals surface area (Å²) >= 11 is 0. The second-order valence-electron chi connectivity index (χ2n) is 3.58. The molecule has 0 aliphatic heterocycles. The van der Waals surface area contributed by atoms with E-state index in [0.717, 1.165) is 0 Å². The van der Waals surface area contributed by atoms with Gasteiger partial charge in [0.05, 0.1) is 5.52 Å². The summed E-state index contributed by atoms with van der Waals surface area (Å²) in [4.78, 5) is 22.9. The molecule has 0 unspecified atom stereocenters. The third-order valence-electron chi connectivity index (χ3n) is 2.47. The summed E-state index contributed by atoms with van der Waals surface area (Å²) in [5.41, 5.74) is 2.97. The third kappa shape index (κ3) is 1.87. The van der Waals surface area contributed by atoms with Crippen LogP contribution in [0, 0.1) is 0 Å². The number of hydrogen-bond acceptors (Lipinski definition) is 3. The van der Waals surface area contributed by atoms with Gasteiger partial charge in [-0.2, -0.15) is 0 Å². The fraction of sp³-hybridized carbons (Fsp3) is 0.167. The van der Waals surface area contributed by atoms with Gasteiger partial charge in [-0.25, -0.2) is 4.79 Å². The van der Waals surface area contributed by atoms with Crippen LogP contribution >= 0.6 is 0 Å². The molecule has 1 aromatic heterocycles. The van der Waals surface area contributed by atoms with E-state index >= 15 is 0 Å². The first-order chi connectivity index (χ1) is 8.15. The molecule has 1 aromatic carbocycles. The van der Waals surface area contributed by atoms with Crippen LogP contribution < -0.4 is 10.9 Å². The van der Waals surface area contributed by atoms with Crippen molar-refractivity contribution < 1.29 is 9.90 Å². The zero-order chi connectivity index (χ0) is 12.4. The number of carbonyl (C=O) groups is 1. The third-order valence-corrected chi connectivity index (χ3v) is 2.47. The largest absolute Gasteiger partial charge is 0.477 e. The monoisotopic (exact) mass is 232 g/mol. The van der Waals surface area contributed by atoms with E-state index in [-0.39, 0.29) is 5.56 Å². The Morgan fingerprint density at radius 1 is 1.41 bits per heavy atom. The van der Waals surface area contributed by atoms with Crippen LogP contribution in [0.3, 0.4) is 0 Å². The molecule has 2 N–H and O–H groups in total. The number of carboxylic acids is 1.